The Bertz CT molecular complexity index is 855. The van der Waals surface area contributed by atoms with Crippen molar-refractivity contribution in [3.8, 4) is 0 Å². The van der Waals surface area contributed by atoms with Gasteiger partial charge in [0, 0.05) is 25.5 Å². The molecule has 3 amide bonds. The third-order valence-corrected chi connectivity index (χ3v) is 5.02. The van der Waals surface area contributed by atoms with E-state index in [1.54, 1.807) is 12.5 Å². The number of hydrogen-bond donors (Lipinski definition) is 3. The zero-order chi connectivity index (χ0) is 24.1. The molecule has 0 saturated heterocycles. The molecule has 33 heavy (non-hydrogen) atoms. The molecular weight excluding hydrogens is 422 g/mol. The lowest BCUT2D eigenvalue weighted by molar-refractivity contribution is -0.130. The first kappa shape index (κ1) is 25.9. The van der Waals surface area contributed by atoms with Crippen LogP contribution in [0.25, 0.3) is 0 Å². The van der Waals surface area contributed by atoms with Crippen LogP contribution in [0.4, 0.5) is 4.79 Å². The first-order valence-electron chi connectivity index (χ1n) is 11.4. The van der Waals surface area contributed by atoms with Gasteiger partial charge < -0.3 is 25.3 Å². The number of carbonyl (C=O) groups excluding carboxylic acids is 3. The van der Waals surface area contributed by atoms with E-state index in [9.17, 15) is 14.4 Å². The van der Waals surface area contributed by atoms with Crippen molar-refractivity contribution in [3.63, 3.8) is 0 Å². The van der Waals surface area contributed by atoms with E-state index >= 15 is 0 Å². The highest BCUT2D eigenvalue weighted by Gasteiger charge is 2.26. The van der Waals surface area contributed by atoms with Gasteiger partial charge in [0.15, 0.2) is 0 Å². The molecule has 0 saturated carbocycles. The summed E-state index contributed by atoms with van der Waals surface area (Å²) in [6.07, 6.45) is 6.24. The van der Waals surface area contributed by atoms with Crippen molar-refractivity contribution in [2.24, 2.45) is 5.92 Å². The molecule has 0 unspecified atom stereocenters. The van der Waals surface area contributed by atoms with E-state index in [0.29, 0.717) is 19.4 Å². The number of imidazole rings is 1. The number of ether oxygens (including phenoxy) is 1. The number of aromatic nitrogens is 2. The molecule has 0 spiro atoms. The van der Waals surface area contributed by atoms with Gasteiger partial charge in [0.25, 0.3) is 0 Å². The minimum atomic E-state index is -0.795. The number of nitrogens with one attached hydrogen (secondary N) is 3. The normalized spacial score (nSPS) is 12.6. The summed E-state index contributed by atoms with van der Waals surface area (Å²) in [5.74, 6) is -0.487. The summed E-state index contributed by atoms with van der Waals surface area (Å²) in [6.45, 7) is 7.09. The first-order chi connectivity index (χ1) is 15.9. The van der Waals surface area contributed by atoms with Gasteiger partial charge in [-0.05, 0) is 30.7 Å². The van der Waals surface area contributed by atoms with Crippen LogP contribution in [0.1, 0.15) is 45.6 Å². The van der Waals surface area contributed by atoms with Gasteiger partial charge in [-0.1, -0.05) is 51.1 Å². The molecule has 0 aliphatic rings. The Balaban J connectivity index is 1.83. The predicted octanol–water partition coefficient (Wildman–Crippen LogP) is 2.63. The summed E-state index contributed by atoms with van der Waals surface area (Å²) in [4.78, 5) is 41.7. The highest BCUT2D eigenvalue weighted by molar-refractivity contribution is 5.91. The Morgan fingerprint density at radius 1 is 1.06 bits per heavy atom. The fourth-order valence-electron chi connectivity index (χ4n) is 3.25. The molecule has 2 aromatic rings. The molecule has 2 rings (SSSR count). The van der Waals surface area contributed by atoms with Crippen molar-refractivity contribution in [3.05, 3.63) is 54.6 Å². The summed E-state index contributed by atoms with van der Waals surface area (Å²) in [5.41, 5.74) is 0.855. The van der Waals surface area contributed by atoms with Gasteiger partial charge in [-0.25, -0.2) is 9.78 Å². The van der Waals surface area contributed by atoms with Gasteiger partial charge in [0.1, 0.15) is 18.7 Å². The Labute approximate surface area is 195 Å². The Hall–Kier alpha value is -3.36. The molecule has 0 aliphatic carbocycles. The van der Waals surface area contributed by atoms with Gasteiger partial charge >= 0.3 is 6.09 Å². The monoisotopic (exact) mass is 457 g/mol. The topological polar surface area (TPSA) is 114 Å². The second-order valence-electron chi connectivity index (χ2n) is 8.30. The van der Waals surface area contributed by atoms with E-state index in [1.807, 2.05) is 61.9 Å². The molecule has 0 aliphatic heterocycles. The summed E-state index contributed by atoms with van der Waals surface area (Å²) in [5, 5.41) is 8.27. The molecule has 1 aromatic heterocycles. The van der Waals surface area contributed by atoms with E-state index < -0.39 is 24.1 Å². The Kier molecular flexibility index (Phi) is 10.9. The molecule has 180 valence electrons. The van der Waals surface area contributed by atoms with E-state index in [0.717, 1.165) is 18.5 Å². The van der Waals surface area contributed by atoms with Crippen molar-refractivity contribution in [1.82, 2.24) is 25.5 Å². The van der Waals surface area contributed by atoms with Gasteiger partial charge in [-0.15, -0.1) is 0 Å². The summed E-state index contributed by atoms with van der Waals surface area (Å²) >= 11 is 0. The van der Waals surface area contributed by atoms with Crippen LogP contribution >= 0.6 is 0 Å². The van der Waals surface area contributed by atoms with Crippen molar-refractivity contribution < 1.29 is 19.1 Å². The third kappa shape index (κ3) is 9.76. The minimum Gasteiger partial charge on any atom is -0.445 e. The van der Waals surface area contributed by atoms with Crippen LogP contribution in [0.5, 0.6) is 0 Å². The van der Waals surface area contributed by atoms with Crippen LogP contribution in [-0.4, -0.2) is 46.1 Å². The van der Waals surface area contributed by atoms with Crippen LogP contribution in [0.3, 0.4) is 0 Å². The van der Waals surface area contributed by atoms with E-state index in [1.165, 1.54) is 0 Å². The predicted molar refractivity (Wildman–Crippen MR) is 125 cm³/mol. The summed E-state index contributed by atoms with van der Waals surface area (Å²) < 4.78 is 7.18. The maximum Gasteiger partial charge on any atom is 0.408 e. The van der Waals surface area contributed by atoms with Gasteiger partial charge in [-0.3, -0.25) is 9.59 Å². The smallest absolute Gasteiger partial charge is 0.408 e. The lowest BCUT2D eigenvalue weighted by atomic mass is 10.0. The lowest BCUT2D eigenvalue weighted by Crippen LogP contribution is -2.54. The Morgan fingerprint density at radius 3 is 2.45 bits per heavy atom. The van der Waals surface area contributed by atoms with Crippen LogP contribution in [0.15, 0.2) is 49.1 Å². The molecule has 2 atom stereocenters. The van der Waals surface area contributed by atoms with Crippen molar-refractivity contribution in [1.29, 1.82) is 0 Å². The second-order valence-corrected chi connectivity index (χ2v) is 8.30. The number of benzene rings is 1. The summed E-state index contributed by atoms with van der Waals surface area (Å²) in [7, 11) is 0. The molecular formula is C24H35N5O4. The van der Waals surface area contributed by atoms with Crippen molar-refractivity contribution in [2.45, 2.75) is 65.3 Å². The lowest BCUT2D eigenvalue weighted by Gasteiger charge is -2.23. The molecule has 1 aromatic carbocycles. The van der Waals surface area contributed by atoms with Crippen molar-refractivity contribution >= 4 is 17.9 Å². The highest BCUT2D eigenvalue weighted by atomic mass is 16.5. The summed E-state index contributed by atoms with van der Waals surface area (Å²) in [6, 6.07) is 7.83. The average molecular weight is 458 g/mol. The number of carbonyl (C=O) groups is 3. The number of hydrogen-bond acceptors (Lipinski definition) is 5. The van der Waals surface area contributed by atoms with Gasteiger partial charge in [0.05, 0.1) is 6.33 Å². The fraction of sp³-hybridized carbons (Fsp3) is 0.500. The number of aryl methyl sites for hydroxylation is 1. The number of amides is 3. The van der Waals surface area contributed by atoms with E-state index in [-0.39, 0.29) is 18.4 Å². The molecule has 3 N–H and O–H groups in total. The largest absolute Gasteiger partial charge is 0.445 e. The third-order valence-electron chi connectivity index (χ3n) is 5.02. The van der Waals surface area contributed by atoms with Crippen LogP contribution in [0.2, 0.25) is 0 Å². The van der Waals surface area contributed by atoms with Gasteiger partial charge in [-0.2, -0.15) is 0 Å². The maximum absolute atomic E-state index is 12.9. The SMILES string of the molecule is CC[C@H](NC(=O)[C@H](CC(C)C)NC(=O)OCc1ccccc1)C(=O)NCCCn1ccnc1. The minimum absolute atomic E-state index is 0.113. The quantitative estimate of drug-likeness (QED) is 0.400. The van der Waals surface area contributed by atoms with Crippen LogP contribution in [-0.2, 0) is 27.5 Å². The van der Waals surface area contributed by atoms with Crippen LogP contribution < -0.4 is 16.0 Å². The number of nitrogens with zero attached hydrogens (tertiary/aromatic N) is 2. The molecule has 0 fully saturated rings. The molecule has 0 bridgehead atoms. The molecule has 9 heteroatoms. The van der Waals surface area contributed by atoms with E-state index in [4.69, 9.17) is 4.74 Å². The molecule has 9 nitrogen and oxygen atoms in total. The molecule has 0 radical (unpaired) electrons. The number of alkyl carbamates (subject to hydrolysis) is 1. The highest BCUT2D eigenvalue weighted by Crippen LogP contribution is 2.07. The van der Waals surface area contributed by atoms with E-state index in [2.05, 4.69) is 20.9 Å². The average Bonchev–Trinajstić information content (AvgIpc) is 3.32. The zero-order valence-corrected chi connectivity index (χ0v) is 19.6. The number of rotatable bonds is 13. The Morgan fingerprint density at radius 2 is 1.82 bits per heavy atom. The second kappa shape index (κ2) is 13.9. The first-order valence-corrected chi connectivity index (χ1v) is 11.4. The van der Waals surface area contributed by atoms with Gasteiger partial charge in [0.2, 0.25) is 11.8 Å². The molecule has 1 heterocycles. The van der Waals surface area contributed by atoms with Crippen LogP contribution in [0, 0.1) is 5.92 Å². The standard InChI is InChI=1S/C24H35N5O4/c1-4-20(22(30)26-11-8-13-29-14-12-25-17-29)27-23(31)21(15-18(2)3)28-24(32)33-16-19-9-6-5-7-10-19/h5-7,9-10,12,14,17-18,20-21H,4,8,11,13,15-16H2,1-3H3,(H,26,30)(H,27,31)(H,28,32)/t20-,21-/m0/s1. The maximum atomic E-state index is 12.9. The zero-order valence-electron chi connectivity index (χ0n) is 19.6. The van der Waals surface area contributed by atoms with Crippen molar-refractivity contribution in [2.75, 3.05) is 6.54 Å². The fourth-order valence-corrected chi connectivity index (χ4v) is 3.25.